The molecule has 2 amide bonds. The molecule has 1 saturated heterocycles. The number of aromatic hydroxyl groups is 1. The van der Waals surface area contributed by atoms with Crippen LogP contribution in [0.1, 0.15) is 60.5 Å². The largest absolute Gasteiger partial charge is 0.508 e. The summed E-state index contributed by atoms with van der Waals surface area (Å²) in [6.07, 6.45) is 2.48. The lowest BCUT2D eigenvalue weighted by atomic mass is 9.97. The van der Waals surface area contributed by atoms with Gasteiger partial charge >= 0.3 is 6.09 Å². The summed E-state index contributed by atoms with van der Waals surface area (Å²) in [5.41, 5.74) is 2.82. The Morgan fingerprint density at radius 1 is 1.10 bits per heavy atom. The maximum absolute atomic E-state index is 12.4. The van der Waals surface area contributed by atoms with Crippen molar-refractivity contribution in [2.45, 2.75) is 45.6 Å². The summed E-state index contributed by atoms with van der Waals surface area (Å²) in [5.74, 6) is 0.849. The number of carbonyl (C=O) groups excluding carboxylic acids is 2. The van der Waals surface area contributed by atoms with Gasteiger partial charge in [0.05, 0.1) is 0 Å². The van der Waals surface area contributed by atoms with Crippen molar-refractivity contribution in [3.63, 3.8) is 0 Å². The van der Waals surface area contributed by atoms with E-state index in [1.165, 1.54) is 17.7 Å². The lowest BCUT2D eigenvalue weighted by Crippen LogP contribution is -2.41. The van der Waals surface area contributed by atoms with Gasteiger partial charge in [0.2, 0.25) is 0 Å². The average molecular weight is 425 g/mol. The number of benzene rings is 2. The van der Waals surface area contributed by atoms with Crippen molar-refractivity contribution in [1.29, 1.82) is 0 Å². The molecule has 31 heavy (non-hydrogen) atoms. The third-order valence-corrected chi connectivity index (χ3v) is 6.08. The second-order valence-corrected chi connectivity index (χ2v) is 8.29. The van der Waals surface area contributed by atoms with Gasteiger partial charge in [0.15, 0.2) is 0 Å². The van der Waals surface area contributed by atoms with Crippen LogP contribution in [-0.2, 0) is 11.3 Å². The minimum absolute atomic E-state index is 0.138. The number of ether oxygens (including phenoxy) is 1. The Hall–Kier alpha value is -3.02. The molecule has 6 nitrogen and oxygen atoms in total. The standard InChI is InChI=1S/C25H32N2O4/c1-3-18(2)21-6-4-20(5-7-21)17-31-25(30)27-14-12-19(13-15-27)16-26-24(29)22-8-10-23(28)11-9-22/h4-11,18-19,28H,3,12-17H2,1-2H3,(H,26,29). The summed E-state index contributed by atoms with van der Waals surface area (Å²) in [5, 5.41) is 12.3. The molecule has 1 fully saturated rings. The minimum Gasteiger partial charge on any atom is -0.508 e. The van der Waals surface area contributed by atoms with Crippen LogP contribution in [0.3, 0.4) is 0 Å². The van der Waals surface area contributed by atoms with E-state index in [9.17, 15) is 14.7 Å². The summed E-state index contributed by atoms with van der Waals surface area (Å²) >= 11 is 0. The first kappa shape index (κ1) is 22.7. The topological polar surface area (TPSA) is 78.9 Å². The van der Waals surface area contributed by atoms with Gasteiger partial charge in [-0.25, -0.2) is 4.79 Å². The smallest absolute Gasteiger partial charge is 0.410 e. The van der Waals surface area contributed by atoms with Crippen molar-refractivity contribution < 1.29 is 19.4 Å². The molecular formula is C25H32N2O4. The van der Waals surface area contributed by atoms with Crippen LogP contribution in [0.15, 0.2) is 48.5 Å². The molecule has 0 radical (unpaired) electrons. The van der Waals surface area contributed by atoms with Crippen LogP contribution >= 0.6 is 0 Å². The molecule has 0 bridgehead atoms. The number of likely N-dealkylation sites (tertiary alicyclic amines) is 1. The Labute approximate surface area is 184 Å². The number of phenolic OH excluding ortho intramolecular Hbond substituents is 1. The zero-order valence-electron chi connectivity index (χ0n) is 18.3. The van der Waals surface area contributed by atoms with E-state index in [-0.39, 0.29) is 24.4 Å². The molecule has 1 aliphatic rings. The number of rotatable bonds is 7. The molecule has 1 aliphatic heterocycles. The average Bonchev–Trinajstić information content (AvgIpc) is 2.81. The summed E-state index contributed by atoms with van der Waals surface area (Å²) in [7, 11) is 0. The van der Waals surface area contributed by atoms with E-state index in [4.69, 9.17) is 4.74 Å². The quantitative estimate of drug-likeness (QED) is 0.676. The lowest BCUT2D eigenvalue weighted by Gasteiger charge is -2.31. The van der Waals surface area contributed by atoms with Gasteiger partial charge < -0.3 is 20.1 Å². The molecule has 1 atom stereocenters. The summed E-state index contributed by atoms with van der Waals surface area (Å²) in [6.45, 7) is 6.50. The van der Waals surface area contributed by atoms with Crippen molar-refractivity contribution >= 4 is 12.0 Å². The number of amides is 2. The Bertz CT molecular complexity index is 856. The van der Waals surface area contributed by atoms with Gasteiger partial charge in [-0.1, -0.05) is 38.1 Å². The Balaban J connectivity index is 1.37. The van der Waals surface area contributed by atoms with Gasteiger partial charge in [-0.2, -0.15) is 0 Å². The van der Waals surface area contributed by atoms with Crippen LogP contribution in [-0.4, -0.2) is 41.6 Å². The third-order valence-electron chi connectivity index (χ3n) is 6.08. The molecule has 1 unspecified atom stereocenters. The van der Waals surface area contributed by atoms with Crippen LogP contribution in [0.4, 0.5) is 4.79 Å². The SMILES string of the molecule is CCC(C)c1ccc(COC(=O)N2CCC(CNC(=O)c3ccc(O)cc3)CC2)cc1. The first-order valence-electron chi connectivity index (χ1n) is 11.0. The summed E-state index contributed by atoms with van der Waals surface area (Å²) in [4.78, 5) is 26.3. The number of hydrogen-bond acceptors (Lipinski definition) is 4. The van der Waals surface area contributed by atoms with E-state index in [2.05, 4.69) is 31.3 Å². The van der Waals surface area contributed by atoms with Gasteiger partial charge in [-0.3, -0.25) is 4.79 Å². The number of piperidine rings is 1. The molecule has 0 spiro atoms. The maximum Gasteiger partial charge on any atom is 0.410 e. The molecule has 2 aromatic carbocycles. The normalized spacial score (nSPS) is 15.4. The van der Waals surface area contributed by atoms with Gasteiger partial charge in [0, 0.05) is 25.2 Å². The highest BCUT2D eigenvalue weighted by Crippen LogP contribution is 2.20. The molecule has 166 valence electrons. The number of nitrogens with one attached hydrogen (secondary N) is 1. The minimum atomic E-state index is -0.280. The molecule has 0 aromatic heterocycles. The molecular weight excluding hydrogens is 392 g/mol. The third kappa shape index (κ3) is 6.48. The van der Waals surface area contributed by atoms with Crippen molar-refractivity contribution in [2.24, 2.45) is 5.92 Å². The van der Waals surface area contributed by atoms with Crippen molar-refractivity contribution in [3.8, 4) is 5.75 Å². The molecule has 2 aromatic rings. The highest BCUT2D eigenvalue weighted by molar-refractivity contribution is 5.94. The van der Waals surface area contributed by atoms with E-state index >= 15 is 0 Å². The number of hydrogen-bond donors (Lipinski definition) is 2. The van der Waals surface area contributed by atoms with Crippen molar-refractivity contribution in [1.82, 2.24) is 10.2 Å². The zero-order valence-corrected chi connectivity index (χ0v) is 18.3. The van der Waals surface area contributed by atoms with Crippen LogP contribution < -0.4 is 5.32 Å². The maximum atomic E-state index is 12.4. The predicted octanol–water partition coefficient (Wildman–Crippen LogP) is 4.68. The molecule has 6 heteroatoms. The molecule has 1 heterocycles. The number of nitrogens with zero attached hydrogens (tertiary/aromatic N) is 1. The van der Waals surface area contributed by atoms with Crippen molar-refractivity contribution in [2.75, 3.05) is 19.6 Å². The summed E-state index contributed by atoms with van der Waals surface area (Å²) < 4.78 is 5.49. The molecule has 0 aliphatic carbocycles. The van der Waals surface area contributed by atoms with Gasteiger partial charge in [-0.15, -0.1) is 0 Å². The fraction of sp³-hybridized carbons (Fsp3) is 0.440. The van der Waals surface area contributed by atoms with Crippen LogP contribution in [0, 0.1) is 5.92 Å². The first-order chi connectivity index (χ1) is 15.0. The molecule has 0 saturated carbocycles. The highest BCUT2D eigenvalue weighted by Gasteiger charge is 2.24. The lowest BCUT2D eigenvalue weighted by molar-refractivity contribution is 0.0800. The highest BCUT2D eigenvalue weighted by atomic mass is 16.6. The second kappa shape index (κ2) is 10.8. The van der Waals surface area contributed by atoms with E-state index in [0.717, 1.165) is 24.8 Å². The number of carbonyl (C=O) groups is 2. The van der Waals surface area contributed by atoms with E-state index < -0.39 is 0 Å². The fourth-order valence-corrected chi connectivity index (χ4v) is 3.69. The Kier molecular flexibility index (Phi) is 7.93. The summed E-state index contributed by atoms with van der Waals surface area (Å²) in [6, 6.07) is 14.5. The van der Waals surface area contributed by atoms with Gasteiger partial charge in [-0.05, 0) is 66.5 Å². The zero-order chi connectivity index (χ0) is 22.2. The van der Waals surface area contributed by atoms with E-state index in [1.54, 1.807) is 17.0 Å². The Morgan fingerprint density at radius 2 is 1.74 bits per heavy atom. The Morgan fingerprint density at radius 3 is 2.35 bits per heavy atom. The van der Waals surface area contributed by atoms with Crippen LogP contribution in [0.25, 0.3) is 0 Å². The first-order valence-corrected chi connectivity index (χ1v) is 11.0. The monoisotopic (exact) mass is 424 g/mol. The van der Waals surface area contributed by atoms with Crippen LogP contribution in [0.2, 0.25) is 0 Å². The number of phenols is 1. The molecule has 3 rings (SSSR count). The van der Waals surface area contributed by atoms with Gasteiger partial charge in [0.25, 0.3) is 5.91 Å². The van der Waals surface area contributed by atoms with Crippen LogP contribution in [0.5, 0.6) is 5.75 Å². The van der Waals surface area contributed by atoms with Crippen molar-refractivity contribution in [3.05, 3.63) is 65.2 Å². The fourth-order valence-electron chi connectivity index (χ4n) is 3.69. The predicted molar refractivity (Wildman–Crippen MR) is 120 cm³/mol. The van der Waals surface area contributed by atoms with E-state index in [0.29, 0.717) is 37.0 Å². The van der Waals surface area contributed by atoms with E-state index in [1.807, 2.05) is 12.1 Å². The molecule has 2 N–H and O–H groups in total. The van der Waals surface area contributed by atoms with Gasteiger partial charge in [0.1, 0.15) is 12.4 Å². The second-order valence-electron chi connectivity index (χ2n) is 8.29.